The van der Waals surface area contributed by atoms with Crippen LogP contribution in [0.3, 0.4) is 0 Å². The highest BCUT2D eigenvalue weighted by molar-refractivity contribution is 9.10. The first-order valence-electron chi connectivity index (χ1n) is 7.27. The number of nitrogens with one attached hydrogen (secondary N) is 1. The minimum Gasteiger partial charge on any atom is -0.323 e. The number of aryl methyl sites for hydroxylation is 1. The summed E-state index contributed by atoms with van der Waals surface area (Å²) < 4.78 is 14.7. The molecule has 3 nitrogen and oxygen atoms in total. The molecule has 2 aromatic carbocycles. The monoisotopic (exact) mass is 404 g/mol. The third-order valence-corrected chi connectivity index (χ3v) is 4.79. The summed E-state index contributed by atoms with van der Waals surface area (Å²) in [6.07, 6.45) is 0.109. The molecule has 3 aromatic rings. The van der Waals surface area contributed by atoms with Gasteiger partial charge >= 0.3 is 0 Å². The van der Waals surface area contributed by atoms with Crippen LogP contribution >= 0.6 is 27.3 Å². The molecule has 3 rings (SSSR count). The van der Waals surface area contributed by atoms with Crippen molar-refractivity contribution in [3.8, 4) is 10.6 Å². The highest BCUT2D eigenvalue weighted by atomic mass is 79.9. The zero-order valence-corrected chi connectivity index (χ0v) is 15.2. The van der Waals surface area contributed by atoms with Crippen LogP contribution in [0, 0.1) is 12.7 Å². The van der Waals surface area contributed by atoms with Gasteiger partial charge in [-0.15, -0.1) is 11.3 Å². The molecular weight excluding hydrogens is 391 g/mol. The lowest BCUT2D eigenvalue weighted by molar-refractivity contribution is -0.115. The molecule has 0 aliphatic rings. The van der Waals surface area contributed by atoms with Crippen molar-refractivity contribution in [1.29, 1.82) is 0 Å². The number of hydrogen-bond donors (Lipinski definition) is 1. The molecule has 0 spiro atoms. The molecule has 0 aliphatic heterocycles. The first kappa shape index (κ1) is 16.8. The number of benzene rings is 2. The van der Waals surface area contributed by atoms with Gasteiger partial charge in [0.1, 0.15) is 10.8 Å². The van der Waals surface area contributed by atoms with E-state index in [0.29, 0.717) is 5.69 Å². The highest BCUT2D eigenvalue weighted by Gasteiger charge is 2.11. The van der Waals surface area contributed by atoms with Gasteiger partial charge in [-0.25, -0.2) is 9.37 Å². The maximum atomic E-state index is 13.7. The molecule has 0 unspecified atom stereocenters. The summed E-state index contributed by atoms with van der Waals surface area (Å²) in [6.45, 7) is 1.85. The second-order valence-corrected chi connectivity index (χ2v) is 7.14. The first-order valence-corrected chi connectivity index (χ1v) is 8.95. The number of hydrogen-bond acceptors (Lipinski definition) is 3. The summed E-state index contributed by atoms with van der Waals surface area (Å²) >= 11 is 4.91. The molecule has 1 amide bonds. The summed E-state index contributed by atoms with van der Waals surface area (Å²) in [5, 5.41) is 5.30. The molecule has 0 atom stereocenters. The number of amides is 1. The maximum Gasteiger partial charge on any atom is 0.230 e. The van der Waals surface area contributed by atoms with Crippen LogP contribution < -0.4 is 5.32 Å². The number of rotatable bonds is 4. The van der Waals surface area contributed by atoms with Gasteiger partial charge in [0.05, 0.1) is 17.8 Å². The van der Waals surface area contributed by atoms with Gasteiger partial charge in [-0.2, -0.15) is 0 Å². The second kappa shape index (κ2) is 7.23. The Bertz CT molecular complexity index is 894. The highest BCUT2D eigenvalue weighted by Crippen LogP contribution is 2.26. The van der Waals surface area contributed by atoms with E-state index in [4.69, 9.17) is 0 Å². The van der Waals surface area contributed by atoms with Gasteiger partial charge < -0.3 is 5.32 Å². The number of aromatic nitrogens is 1. The SMILES string of the molecule is Cc1ccc(F)c(NC(=O)Cc2csc(-c3cccc(Br)c3)n2)c1. The van der Waals surface area contributed by atoms with E-state index in [2.05, 4.69) is 26.2 Å². The summed E-state index contributed by atoms with van der Waals surface area (Å²) in [5.74, 6) is -0.729. The van der Waals surface area contributed by atoms with Crippen molar-refractivity contribution in [3.05, 3.63) is 69.4 Å². The zero-order valence-electron chi connectivity index (χ0n) is 12.8. The summed E-state index contributed by atoms with van der Waals surface area (Å²) in [7, 11) is 0. The van der Waals surface area contributed by atoms with Crippen LogP contribution in [0.5, 0.6) is 0 Å². The van der Waals surface area contributed by atoms with E-state index in [0.717, 1.165) is 20.6 Å². The number of nitrogens with zero attached hydrogens (tertiary/aromatic N) is 1. The quantitative estimate of drug-likeness (QED) is 0.648. The molecule has 24 heavy (non-hydrogen) atoms. The molecule has 0 radical (unpaired) electrons. The van der Waals surface area contributed by atoms with Gasteiger partial charge in [-0.05, 0) is 36.8 Å². The molecule has 6 heteroatoms. The fourth-order valence-corrected chi connectivity index (χ4v) is 3.45. The van der Waals surface area contributed by atoms with Crippen LogP contribution in [0.4, 0.5) is 10.1 Å². The normalized spacial score (nSPS) is 10.6. The maximum absolute atomic E-state index is 13.7. The molecule has 122 valence electrons. The Hall–Kier alpha value is -2.05. The fraction of sp³-hybridized carbons (Fsp3) is 0.111. The largest absolute Gasteiger partial charge is 0.323 e. The fourth-order valence-electron chi connectivity index (χ4n) is 2.24. The third-order valence-electron chi connectivity index (χ3n) is 3.36. The Kier molecular flexibility index (Phi) is 5.06. The molecule has 1 aromatic heterocycles. The molecule has 0 saturated heterocycles. The minimum absolute atomic E-state index is 0.109. The Balaban J connectivity index is 1.70. The van der Waals surface area contributed by atoms with Crippen LogP contribution in [-0.2, 0) is 11.2 Å². The average molecular weight is 405 g/mol. The van der Waals surface area contributed by atoms with Gasteiger partial charge in [-0.1, -0.05) is 34.1 Å². The molecule has 0 fully saturated rings. The number of carbonyl (C=O) groups excluding carboxylic acids is 1. The van der Waals surface area contributed by atoms with Crippen LogP contribution in [-0.4, -0.2) is 10.9 Å². The number of carbonyl (C=O) groups is 1. The number of halogens is 2. The molecule has 1 N–H and O–H groups in total. The number of anilines is 1. The predicted molar refractivity (Wildman–Crippen MR) is 98.7 cm³/mol. The Morgan fingerprint density at radius 1 is 1.29 bits per heavy atom. The van der Waals surface area contributed by atoms with Crippen molar-refractivity contribution in [1.82, 2.24) is 4.98 Å². The lowest BCUT2D eigenvalue weighted by Gasteiger charge is -2.06. The molecule has 0 saturated carbocycles. The van der Waals surface area contributed by atoms with Gasteiger partial charge in [-0.3, -0.25) is 4.79 Å². The predicted octanol–water partition coefficient (Wildman–Crippen LogP) is 5.20. The van der Waals surface area contributed by atoms with E-state index >= 15 is 0 Å². The van der Waals surface area contributed by atoms with Gasteiger partial charge in [0, 0.05) is 15.4 Å². The van der Waals surface area contributed by atoms with Crippen LogP contribution in [0.1, 0.15) is 11.3 Å². The first-order chi connectivity index (χ1) is 11.5. The second-order valence-electron chi connectivity index (χ2n) is 5.36. The van der Waals surface area contributed by atoms with Crippen molar-refractivity contribution in [2.75, 3.05) is 5.32 Å². The van der Waals surface area contributed by atoms with E-state index in [9.17, 15) is 9.18 Å². The summed E-state index contributed by atoms with van der Waals surface area (Å²) in [4.78, 5) is 16.6. The van der Waals surface area contributed by atoms with E-state index < -0.39 is 5.82 Å². The van der Waals surface area contributed by atoms with Crippen molar-refractivity contribution in [2.24, 2.45) is 0 Å². The van der Waals surface area contributed by atoms with E-state index in [1.54, 1.807) is 12.1 Å². The smallest absolute Gasteiger partial charge is 0.230 e. The van der Waals surface area contributed by atoms with E-state index in [-0.39, 0.29) is 18.0 Å². The lowest BCUT2D eigenvalue weighted by Crippen LogP contribution is -2.15. The molecule has 0 aliphatic carbocycles. The summed E-state index contributed by atoms with van der Waals surface area (Å²) in [5.41, 5.74) is 2.74. The summed E-state index contributed by atoms with van der Waals surface area (Å²) in [6, 6.07) is 12.5. The van der Waals surface area contributed by atoms with Crippen LogP contribution in [0.25, 0.3) is 10.6 Å². The third kappa shape index (κ3) is 4.07. The average Bonchev–Trinajstić information content (AvgIpc) is 2.99. The minimum atomic E-state index is -0.443. The van der Waals surface area contributed by atoms with Gasteiger partial charge in [0.2, 0.25) is 5.91 Å². The van der Waals surface area contributed by atoms with Crippen molar-refractivity contribution >= 4 is 38.9 Å². The zero-order chi connectivity index (χ0) is 17.1. The van der Waals surface area contributed by atoms with Crippen molar-refractivity contribution < 1.29 is 9.18 Å². The standard InChI is InChI=1S/C18H14BrFN2OS/c1-11-5-6-15(20)16(7-11)22-17(23)9-14-10-24-18(21-14)12-3-2-4-13(19)8-12/h2-8,10H,9H2,1H3,(H,22,23). The van der Waals surface area contributed by atoms with Crippen molar-refractivity contribution in [2.45, 2.75) is 13.3 Å². The molecular formula is C18H14BrFN2OS. The van der Waals surface area contributed by atoms with Crippen LogP contribution in [0.2, 0.25) is 0 Å². The number of thiazole rings is 1. The van der Waals surface area contributed by atoms with E-state index in [1.165, 1.54) is 17.4 Å². The van der Waals surface area contributed by atoms with Gasteiger partial charge in [0.15, 0.2) is 0 Å². The Morgan fingerprint density at radius 2 is 2.12 bits per heavy atom. The Labute approximate surface area is 151 Å². The van der Waals surface area contributed by atoms with Crippen LogP contribution in [0.15, 0.2) is 52.3 Å². The van der Waals surface area contributed by atoms with Crippen molar-refractivity contribution in [3.63, 3.8) is 0 Å². The van der Waals surface area contributed by atoms with Gasteiger partial charge in [0.25, 0.3) is 0 Å². The topological polar surface area (TPSA) is 42.0 Å². The molecule has 1 heterocycles. The lowest BCUT2D eigenvalue weighted by atomic mass is 10.2. The Morgan fingerprint density at radius 3 is 2.92 bits per heavy atom. The molecule has 0 bridgehead atoms. The van der Waals surface area contributed by atoms with E-state index in [1.807, 2.05) is 36.6 Å².